The van der Waals surface area contributed by atoms with Crippen LogP contribution in [0.15, 0.2) is 0 Å². The normalized spacial score (nSPS) is 14.0. The summed E-state index contributed by atoms with van der Waals surface area (Å²) in [7, 11) is -9.92. The third-order valence-corrected chi connectivity index (χ3v) is 21.0. The zero-order valence-electron chi connectivity index (χ0n) is 66.4. The van der Waals surface area contributed by atoms with Gasteiger partial charge in [0.1, 0.15) is 19.3 Å². The van der Waals surface area contributed by atoms with E-state index in [0.717, 1.165) is 108 Å². The second-order valence-corrected chi connectivity index (χ2v) is 33.8. The van der Waals surface area contributed by atoms with Crippen LogP contribution in [-0.2, 0) is 65.4 Å². The van der Waals surface area contributed by atoms with E-state index in [1.54, 1.807) is 0 Å². The van der Waals surface area contributed by atoms with Crippen molar-refractivity contribution in [1.82, 2.24) is 0 Å². The summed E-state index contributed by atoms with van der Waals surface area (Å²) in [5.41, 5.74) is 0. The first-order valence-corrected chi connectivity index (χ1v) is 45.3. The average Bonchev–Trinajstić information content (AvgIpc) is 3.06. The van der Waals surface area contributed by atoms with Crippen LogP contribution in [0.25, 0.3) is 0 Å². The first kappa shape index (κ1) is 99.1. The lowest BCUT2D eigenvalue weighted by Gasteiger charge is -2.21. The predicted molar refractivity (Wildman–Crippen MR) is 414 cm³/mol. The van der Waals surface area contributed by atoms with Gasteiger partial charge < -0.3 is 33.8 Å². The minimum absolute atomic E-state index is 0.106. The first-order valence-electron chi connectivity index (χ1n) is 42.3. The molecule has 17 nitrogen and oxygen atoms in total. The smallest absolute Gasteiger partial charge is 0.462 e. The van der Waals surface area contributed by atoms with Gasteiger partial charge in [-0.15, -0.1) is 0 Å². The molecule has 101 heavy (non-hydrogen) atoms. The number of unbranched alkanes of at least 4 members (excludes halogenated alkanes) is 48. The third kappa shape index (κ3) is 76.1. The average molecular weight is 1480 g/mol. The highest BCUT2D eigenvalue weighted by Gasteiger charge is 2.30. The van der Waals surface area contributed by atoms with Gasteiger partial charge in [0.05, 0.1) is 26.4 Å². The lowest BCUT2D eigenvalue weighted by Crippen LogP contribution is -2.30. The number of hydrogen-bond donors (Lipinski definition) is 3. The van der Waals surface area contributed by atoms with Crippen molar-refractivity contribution in [2.75, 3.05) is 39.6 Å². The molecule has 19 heteroatoms. The fourth-order valence-corrected chi connectivity index (χ4v) is 14.2. The van der Waals surface area contributed by atoms with Crippen LogP contribution in [0, 0.1) is 17.8 Å². The minimum Gasteiger partial charge on any atom is -0.462 e. The Balaban J connectivity index is 5.23. The summed E-state index contributed by atoms with van der Waals surface area (Å²) in [5.74, 6) is 0.150. The summed E-state index contributed by atoms with van der Waals surface area (Å²) in [5, 5.41) is 10.6. The molecular formula is C82H160O17P2. The summed E-state index contributed by atoms with van der Waals surface area (Å²) in [6.45, 7) is 11.9. The fraction of sp³-hybridized carbons (Fsp3) is 0.951. The van der Waals surface area contributed by atoms with Crippen molar-refractivity contribution in [2.24, 2.45) is 17.8 Å². The van der Waals surface area contributed by atoms with E-state index >= 15 is 0 Å². The largest absolute Gasteiger partial charge is 0.472 e. The van der Waals surface area contributed by atoms with Gasteiger partial charge in [0.25, 0.3) is 0 Å². The molecule has 3 N–H and O–H groups in total. The lowest BCUT2D eigenvalue weighted by molar-refractivity contribution is -0.161. The maximum atomic E-state index is 13.1. The van der Waals surface area contributed by atoms with Gasteiger partial charge in [0, 0.05) is 25.7 Å². The van der Waals surface area contributed by atoms with Crippen LogP contribution < -0.4 is 0 Å². The first-order chi connectivity index (χ1) is 48.7. The number of esters is 4. The SMILES string of the molecule is CCCCCCCCCCCCCCCCCCCCCCCC(=O)O[C@H](COC(=O)CCCCCCCCCCCCCCCC(C)C)COP(=O)(O)OC[C@@H](O)COP(=O)(O)OC[C@@H](COC(=O)CCCCCCCCCC(C)C)OC(=O)CCCCCCCCCCCCCC(C)C. The van der Waals surface area contributed by atoms with Crippen LogP contribution in [0.3, 0.4) is 0 Å². The quantitative estimate of drug-likeness (QED) is 0.0222. The van der Waals surface area contributed by atoms with Gasteiger partial charge in [-0.1, -0.05) is 376 Å². The Hall–Kier alpha value is -1.94. The van der Waals surface area contributed by atoms with Crippen molar-refractivity contribution in [3.63, 3.8) is 0 Å². The Morgan fingerprint density at radius 3 is 0.673 bits per heavy atom. The summed E-state index contributed by atoms with van der Waals surface area (Å²) in [6, 6.07) is 0. The topological polar surface area (TPSA) is 237 Å². The molecule has 600 valence electrons. The van der Waals surface area contributed by atoms with Gasteiger partial charge in [0.15, 0.2) is 12.2 Å². The Bertz CT molecular complexity index is 1960. The van der Waals surface area contributed by atoms with E-state index in [2.05, 4.69) is 48.5 Å². The van der Waals surface area contributed by atoms with E-state index in [1.807, 2.05) is 0 Å². The Morgan fingerprint density at radius 1 is 0.267 bits per heavy atom. The summed E-state index contributed by atoms with van der Waals surface area (Å²) >= 11 is 0. The van der Waals surface area contributed by atoms with Crippen LogP contribution in [-0.4, -0.2) is 96.7 Å². The van der Waals surface area contributed by atoms with Crippen molar-refractivity contribution in [2.45, 2.75) is 446 Å². The molecule has 0 spiro atoms. The van der Waals surface area contributed by atoms with Crippen LogP contribution in [0.5, 0.6) is 0 Å². The standard InChI is InChI=1S/C82H160O17P2/c1-8-9-10-11-12-13-14-15-16-17-18-19-20-21-22-25-31-36-43-51-58-65-81(86)98-77(69-92-79(84)63-56-49-42-35-30-26-23-24-28-33-39-46-53-60-73(2)3)71-96-100(88,89)94-67-76(83)68-95-101(90,91)97-72-78(70-93-80(85)64-57-50-45-38-41-48-55-62-75(6)7)99-82(87)66-59-52-44-37-32-27-29-34-40-47-54-61-74(4)5/h73-78,83H,8-72H2,1-7H3,(H,88,89)(H,90,91)/t76-,77-,78-/m1/s1. The van der Waals surface area contributed by atoms with Gasteiger partial charge in [-0.25, -0.2) is 9.13 Å². The number of carbonyl (C=O) groups is 4. The highest BCUT2D eigenvalue weighted by molar-refractivity contribution is 7.47. The molecule has 0 rings (SSSR count). The van der Waals surface area contributed by atoms with E-state index in [0.29, 0.717) is 31.6 Å². The fourth-order valence-electron chi connectivity index (χ4n) is 12.7. The molecular weight excluding hydrogens is 1320 g/mol. The van der Waals surface area contributed by atoms with Crippen LogP contribution in [0.4, 0.5) is 0 Å². The van der Waals surface area contributed by atoms with Gasteiger partial charge in [0.2, 0.25) is 0 Å². The van der Waals surface area contributed by atoms with Crippen molar-refractivity contribution < 1.29 is 80.2 Å². The predicted octanol–water partition coefficient (Wildman–Crippen LogP) is 24.5. The molecule has 0 amide bonds. The van der Waals surface area contributed by atoms with Gasteiger partial charge >= 0.3 is 39.5 Å². The van der Waals surface area contributed by atoms with Gasteiger partial charge in [-0.3, -0.25) is 37.3 Å². The molecule has 0 aliphatic rings. The number of aliphatic hydroxyl groups excluding tert-OH is 1. The molecule has 2 unspecified atom stereocenters. The van der Waals surface area contributed by atoms with E-state index in [-0.39, 0.29) is 25.7 Å². The summed E-state index contributed by atoms with van der Waals surface area (Å²) in [6.07, 6.45) is 61.2. The molecule has 0 radical (unpaired) electrons. The lowest BCUT2D eigenvalue weighted by atomic mass is 10.0. The second-order valence-electron chi connectivity index (χ2n) is 30.9. The Morgan fingerprint density at radius 2 is 0.455 bits per heavy atom. The van der Waals surface area contributed by atoms with E-state index in [1.165, 1.54) is 231 Å². The molecule has 0 saturated heterocycles. The Labute approximate surface area is 619 Å². The Kier molecular flexibility index (Phi) is 70.9. The zero-order valence-corrected chi connectivity index (χ0v) is 68.2. The minimum atomic E-state index is -4.96. The molecule has 5 atom stereocenters. The summed E-state index contributed by atoms with van der Waals surface area (Å²) < 4.78 is 68.7. The second kappa shape index (κ2) is 72.3. The van der Waals surface area contributed by atoms with Gasteiger partial charge in [-0.2, -0.15) is 0 Å². The molecule has 0 aliphatic carbocycles. The number of carbonyl (C=O) groups excluding carboxylic acids is 4. The molecule has 0 saturated carbocycles. The van der Waals surface area contributed by atoms with E-state index < -0.39 is 97.5 Å². The van der Waals surface area contributed by atoms with Crippen LogP contribution >= 0.6 is 15.6 Å². The monoisotopic (exact) mass is 1480 g/mol. The molecule has 0 heterocycles. The number of phosphoric ester groups is 2. The van der Waals surface area contributed by atoms with Crippen molar-refractivity contribution in [3.05, 3.63) is 0 Å². The van der Waals surface area contributed by atoms with Crippen molar-refractivity contribution in [1.29, 1.82) is 0 Å². The molecule has 0 bridgehead atoms. The van der Waals surface area contributed by atoms with Crippen molar-refractivity contribution >= 4 is 39.5 Å². The van der Waals surface area contributed by atoms with Gasteiger partial charge in [-0.05, 0) is 43.4 Å². The number of phosphoric acid groups is 2. The van der Waals surface area contributed by atoms with E-state index in [4.69, 9.17) is 37.0 Å². The third-order valence-electron chi connectivity index (χ3n) is 19.1. The number of rotatable bonds is 80. The molecule has 0 fully saturated rings. The summed E-state index contributed by atoms with van der Waals surface area (Å²) in [4.78, 5) is 73.0. The molecule has 0 aromatic heterocycles. The van der Waals surface area contributed by atoms with Crippen LogP contribution in [0.2, 0.25) is 0 Å². The van der Waals surface area contributed by atoms with Crippen molar-refractivity contribution in [3.8, 4) is 0 Å². The number of ether oxygens (including phenoxy) is 4. The van der Waals surface area contributed by atoms with Crippen LogP contribution in [0.1, 0.15) is 427 Å². The molecule has 0 aromatic carbocycles. The molecule has 0 aliphatic heterocycles. The zero-order chi connectivity index (χ0) is 74.4. The maximum Gasteiger partial charge on any atom is 0.472 e. The highest BCUT2D eigenvalue weighted by atomic mass is 31.2. The maximum absolute atomic E-state index is 13.1. The van der Waals surface area contributed by atoms with E-state index in [9.17, 15) is 43.2 Å². The number of hydrogen-bond acceptors (Lipinski definition) is 15. The molecule has 0 aromatic rings. The number of aliphatic hydroxyl groups is 1. The highest BCUT2D eigenvalue weighted by Crippen LogP contribution is 2.45.